The van der Waals surface area contributed by atoms with E-state index in [-0.39, 0.29) is 0 Å². The van der Waals surface area contributed by atoms with E-state index < -0.39 is 0 Å². The Morgan fingerprint density at radius 1 is 1.00 bits per heavy atom. The van der Waals surface area contributed by atoms with Gasteiger partial charge in [-0.25, -0.2) is 0 Å². The summed E-state index contributed by atoms with van der Waals surface area (Å²) in [5.41, 5.74) is 7.86. The Hall–Kier alpha value is -2.00. The second-order valence-corrected chi connectivity index (χ2v) is 5.31. The molecule has 3 nitrogen and oxygen atoms in total. The highest BCUT2D eigenvalue weighted by Gasteiger charge is 2.00. The molecule has 0 heterocycles. The zero-order valence-corrected chi connectivity index (χ0v) is 12.7. The molecule has 0 amide bonds. The molecular formula is C18H24N2O. The molecule has 0 saturated carbocycles. The fourth-order valence-corrected chi connectivity index (χ4v) is 2.23. The van der Waals surface area contributed by atoms with E-state index in [1.165, 1.54) is 12.0 Å². The van der Waals surface area contributed by atoms with Crippen LogP contribution in [0.5, 0.6) is 5.75 Å². The molecule has 21 heavy (non-hydrogen) atoms. The van der Waals surface area contributed by atoms with Gasteiger partial charge in [-0.2, -0.15) is 0 Å². The van der Waals surface area contributed by atoms with Crippen LogP contribution in [0.4, 0.5) is 5.69 Å². The first-order valence-electron chi connectivity index (χ1n) is 7.45. The number of ether oxygens (including phenoxy) is 1. The Labute approximate surface area is 127 Å². The number of rotatable bonds is 8. The summed E-state index contributed by atoms with van der Waals surface area (Å²) in [4.78, 5) is 2.30. The quantitative estimate of drug-likeness (QED) is 0.756. The summed E-state index contributed by atoms with van der Waals surface area (Å²) < 4.78 is 5.70. The average Bonchev–Trinajstić information content (AvgIpc) is 2.48. The Balaban J connectivity index is 1.60. The second-order valence-electron chi connectivity index (χ2n) is 5.31. The minimum atomic E-state index is 0.686. The van der Waals surface area contributed by atoms with Crippen molar-refractivity contribution in [1.29, 1.82) is 0 Å². The zero-order valence-electron chi connectivity index (χ0n) is 12.7. The van der Waals surface area contributed by atoms with Crippen molar-refractivity contribution in [3.05, 3.63) is 60.2 Å². The van der Waals surface area contributed by atoms with E-state index in [9.17, 15) is 0 Å². The molecule has 0 atom stereocenters. The summed E-state index contributed by atoms with van der Waals surface area (Å²) in [5.74, 6) is 0.840. The molecule has 0 radical (unpaired) electrons. The van der Waals surface area contributed by atoms with Crippen LogP contribution in [-0.2, 0) is 6.42 Å². The molecule has 2 aromatic rings. The Kier molecular flexibility index (Phi) is 6.10. The van der Waals surface area contributed by atoms with Crippen LogP contribution >= 0.6 is 0 Å². The SMILES string of the molecule is CN(CCCc1ccccc1)CCOc1cccc(N)c1. The van der Waals surface area contributed by atoms with Crippen LogP contribution in [0.2, 0.25) is 0 Å². The topological polar surface area (TPSA) is 38.5 Å². The van der Waals surface area contributed by atoms with Crippen molar-refractivity contribution in [3.63, 3.8) is 0 Å². The number of hydrogen-bond donors (Lipinski definition) is 1. The van der Waals surface area contributed by atoms with E-state index in [4.69, 9.17) is 10.5 Å². The number of nitrogens with zero attached hydrogens (tertiary/aromatic N) is 1. The van der Waals surface area contributed by atoms with Crippen molar-refractivity contribution < 1.29 is 4.74 Å². The van der Waals surface area contributed by atoms with E-state index in [1.807, 2.05) is 24.3 Å². The van der Waals surface area contributed by atoms with Crippen molar-refractivity contribution >= 4 is 5.69 Å². The highest BCUT2D eigenvalue weighted by molar-refractivity contribution is 5.43. The molecular weight excluding hydrogens is 260 g/mol. The van der Waals surface area contributed by atoms with Crippen LogP contribution in [0, 0.1) is 0 Å². The number of nitrogens with two attached hydrogens (primary N) is 1. The second kappa shape index (κ2) is 8.32. The van der Waals surface area contributed by atoms with Crippen molar-refractivity contribution in [3.8, 4) is 5.75 Å². The van der Waals surface area contributed by atoms with Crippen molar-refractivity contribution in [2.24, 2.45) is 0 Å². The minimum absolute atomic E-state index is 0.686. The highest BCUT2D eigenvalue weighted by atomic mass is 16.5. The van der Waals surface area contributed by atoms with Crippen LogP contribution in [0.15, 0.2) is 54.6 Å². The summed E-state index contributed by atoms with van der Waals surface area (Å²) in [6, 6.07) is 18.2. The molecule has 0 aromatic heterocycles. The molecule has 0 aliphatic rings. The van der Waals surface area contributed by atoms with Crippen molar-refractivity contribution in [2.45, 2.75) is 12.8 Å². The third kappa shape index (κ3) is 5.88. The predicted octanol–water partition coefficient (Wildman–Crippen LogP) is 3.21. The lowest BCUT2D eigenvalue weighted by Crippen LogP contribution is -2.25. The molecule has 0 spiro atoms. The summed E-state index contributed by atoms with van der Waals surface area (Å²) in [5, 5.41) is 0. The van der Waals surface area contributed by atoms with Gasteiger partial charge < -0.3 is 15.4 Å². The first-order valence-corrected chi connectivity index (χ1v) is 7.45. The molecule has 0 fully saturated rings. The van der Waals surface area contributed by atoms with Gasteiger partial charge in [0.25, 0.3) is 0 Å². The van der Waals surface area contributed by atoms with Gasteiger partial charge >= 0.3 is 0 Å². The monoisotopic (exact) mass is 284 g/mol. The van der Waals surface area contributed by atoms with Gasteiger partial charge in [-0.3, -0.25) is 0 Å². The normalized spacial score (nSPS) is 10.8. The van der Waals surface area contributed by atoms with E-state index >= 15 is 0 Å². The van der Waals surface area contributed by atoms with E-state index in [0.717, 1.165) is 30.9 Å². The van der Waals surface area contributed by atoms with Gasteiger partial charge in [0.05, 0.1) is 0 Å². The van der Waals surface area contributed by atoms with Crippen LogP contribution in [0.1, 0.15) is 12.0 Å². The molecule has 0 aliphatic carbocycles. The fourth-order valence-electron chi connectivity index (χ4n) is 2.23. The van der Waals surface area contributed by atoms with E-state index in [0.29, 0.717) is 6.61 Å². The maximum Gasteiger partial charge on any atom is 0.121 e. The summed E-state index contributed by atoms with van der Waals surface area (Å²) in [7, 11) is 2.13. The summed E-state index contributed by atoms with van der Waals surface area (Å²) >= 11 is 0. The Bertz CT molecular complexity index is 528. The molecule has 0 unspecified atom stereocenters. The van der Waals surface area contributed by atoms with E-state index in [2.05, 4.69) is 42.3 Å². The van der Waals surface area contributed by atoms with E-state index in [1.54, 1.807) is 0 Å². The fraction of sp³-hybridized carbons (Fsp3) is 0.333. The number of nitrogen functional groups attached to an aromatic ring is 1. The molecule has 112 valence electrons. The maximum atomic E-state index is 5.72. The molecule has 2 rings (SSSR count). The number of benzene rings is 2. The predicted molar refractivity (Wildman–Crippen MR) is 88.6 cm³/mol. The molecule has 0 aliphatic heterocycles. The lowest BCUT2D eigenvalue weighted by atomic mass is 10.1. The van der Waals surface area contributed by atoms with Gasteiger partial charge in [-0.1, -0.05) is 36.4 Å². The van der Waals surface area contributed by atoms with Crippen molar-refractivity contribution in [1.82, 2.24) is 4.90 Å². The van der Waals surface area contributed by atoms with Gasteiger partial charge in [0.15, 0.2) is 0 Å². The lowest BCUT2D eigenvalue weighted by molar-refractivity contribution is 0.236. The summed E-state index contributed by atoms with van der Waals surface area (Å²) in [6.45, 7) is 2.68. The highest BCUT2D eigenvalue weighted by Crippen LogP contribution is 2.14. The largest absolute Gasteiger partial charge is 0.492 e. The van der Waals surface area contributed by atoms with Crippen molar-refractivity contribution in [2.75, 3.05) is 32.5 Å². The Morgan fingerprint density at radius 2 is 1.81 bits per heavy atom. The van der Waals surface area contributed by atoms with Crippen LogP contribution in [-0.4, -0.2) is 31.6 Å². The van der Waals surface area contributed by atoms with Crippen LogP contribution in [0.3, 0.4) is 0 Å². The summed E-state index contributed by atoms with van der Waals surface area (Å²) in [6.07, 6.45) is 2.29. The average molecular weight is 284 g/mol. The zero-order chi connectivity index (χ0) is 14.9. The molecule has 0 saturated heterocycles. The third-order valence-corrected chi connectivity index (χ3v) is 3.45. The first kappa shape index (κ1) is 15.4. The first-order chi connectivity index (χ1) is 10.2. The van der Waals surface area contributed by atoms with Gasteiger partial charge in [-0.15, -0.1) is 0 Å². The maximum absolute atomic E-state index is 5.72. The van der Waals surface area contributed by atoms with Gasteiger partial charge in [0.2, 0.25) is 0 Å². The molecule has 2 aromatic carbocycles. The smallest absolute Gasteiger partial charge is 0.121 e. The Morgan fingerprint density at radius 3 is 2.57 bits per heavy atom. The molecule has 2 N–H and O–H groups in total. The van der Waals surface area contributed by atoms with Gasteiger partial charge in [0, 0.05) is 18.3 Å². The minimum Gasteiger partial charge on any atom is -0.492 e. The lowest BCUT2D eigenvalue weighted by Gasteiger charge is -2.17. The third-order valence-electron chi connectivity index (χ3n) is 3.45. The van der Waals surface area contributed by atoms with Gasteiger partial charge in [0.1, 0.15) is 12.4 Å². The molecule has 0 bridgehead atoms. The van der Waals surface area contributed by atoms with Gasteiger partial charge in [-0.05, 0) is 44.1 Å². The van der Waals surface area contributed by atoms with Crippen LogP contribution < -0.4 is 10.5 Å². The molecule has 3 heteroatoms. The number of aryl methyl sites for hydroxylation is 1. The number of anilines is 1. The van der Waals surface area contributed by atoms with Crippen LogP contribution in [0.25, 0.3) is 0 Å². The standard InChI is InChI=1S/C18H24N2O/c1-20(12-6-9-16-7-3-2-4-8-16)13-14-21-18-11-5-10-17(19)15-18/h2-5,7-8,10-11,15H,6,9,12-14,19H2,1H3. The number of hydrogen-bond acceptors (Lipinski definition) is 3. The number of likely N-dealkylation sites (N-methyl/N-ethyl adjacent to an activating group) is 1.